The number of hydrogen-bond donors (Lipinski definition) is 0. The van der Waals surface area contributed by atoms with E-state index in [2.05, 4.69) is 29.2 Å². The fourth-order valence-electron chi connectivity index (χ4n) is 3.19. The van der Waals surface area contributed by atoms with Gasteiger partial charge in [-0.15, -0.1) is 0 Å². The van der Waals surface area contributed by atoms with Crippen LogP contribution in [0.3, 0.4) is 0 Å². The Labute approximate surface area is 152 Å². The number of esters is 1. The van der Waals surface area contributed by atoms with Crippen LogP contribution in [0.2, 0.25) is 4.82 Å². The molecule has 3 aromatic rings. The Morgan fingerprint density at radius 2 is 1.96 bits per heavy atom. The Kier molecular flexibility index (Phi) is 4.86. The van der Waals surface area contributed by atoms with Crippen molar-refractivity contribution >= 4 is 36.5 Å². The maximum absolute atomic E-state index is 12.6. The molecule has 1 aliphatic rings. The molecule has 0 aliphatic heterocycles. The molecule has 2 aromatic carbocycles. The van der Waals surface area contributed by atoms with E-state index in [1.54, 1.807) is 18.2 Å². The van der Waals surface area contributed by atoms with Crippen LogP contribution in [0.5, 0.6) is 0 Å². The molecule has 4 rings (SSSR count). The molecule has 1 saturated carbocycles. The molecule has 0 saturated heterocycles. The standard InChI is InChI=1S/C20H19NO3Se/c22-20(14-10-11-16-18(12-14)23-13-21-16)24-17-8-4-5-9-19(17)25-15-6-2-1-3-7-15/h1-3,6-7,10-13,17,19H,4-5,8-9H2. The van der Waals surface area contributed by atoms with Crippen LogP contribution < -0.4 is 4.46 Å². The van der Waals surface area contributed by atoms with Gasteiger partial charge in [0.1, 0.15) is 0 Å². The molecule has 2 unspecified atom stereocenters. The normalized spacial score (nSPS) is 20.5. The Balaban J connectivity index is 1.47. The van der Waals surface area contributed by atoms with Crippen molar-refractivity contribution in [2.75, 3.05) is 0 Å². The summed E-state index contributed by atoms with van der Waals surface area (Å²) in [4.78, 5) is 17.1. The topological polar surface area (TPSA) is 52.3 Å². The Morgan fingerprint density at radius 3 is 2.84 bits per heavy atom. The molecule has 0 radical (unpaired) electrons. The maximum atomic E-state index is 12.6. The fourth-order valence-corrected chi connectivity index (χ4v) is 5.90. The van der Waals surface area contributed by atoms with Crippen molar-refractivity contribution in [3.8, 4) is 0 Å². The second-order valence-electron chi connectivity index (χ2n) is 6.23. The summed E-state index contributed by atoms with van der Waals surface area (Å²) in [6.45, 7) is 0. The molecule has 4 nitrogen and oxygen atoms in total. The van der Waals surface area contributed by atoms with E-state index in [1.165, 1.54) is 17.3 Å². The van der Waals surface area contributed by atoms with Crippen molar-refractivity contribution in [3.05, 3.63) is 60.5 Å². The molecule has 128 valence electrons. The number of ether oxygens (including phenoxy) is 1. The summed E-state index contributed by atoms with van der Waals surface area (Å²) in [5.41, 5.74) is 1.89. The van der Waals surface area contributed by atoms with E-state index in [-0.39, 0.29) is 12.1 Å². The van der Waals surface area contributed by atoms with Crippen molar-refractivity contribution < 1.29 is 13.9 Å². The summed E-state index contributed by atoms with van der Waals surface area (Å²) < 4.78 is 12.6. The number of hydrogen-bond acceptors (Lipinski definition) is 4. The van der Waals surface area contributed by atoms with Crippen LogP contribution >= 0.6 is 0 Å². The van der Waals surface area contributed by atoms with Gasteiger partial charge in [0.25, 0.3) is 0 Å². The van der Waals surface area contributed by atoms with Crippen molar-refractivity contribution in [2.24, 2.45) is 0 Å². The molecule has 1 heterocycles. The first kappa shape index (κ1) is 16.4. The number of fused-ring (bicyclic) bond motifs is 1. The number of benzene rings is 2. The number of aromatic nitrogens is 1. The molecule has 0 amide bonds. The zero-order valence-corrected chi connectivity index (χ0v) is 15.5. The summed E-state index contributed by atoms with van der Waals surface area (Å²) in [6, 6.07) is 15.8. The molecule has 1 fully saturated rings. The number of carbonyl (C=O) groups excluding carboxylic acids is 1. The molecule has 1 aliphatic carbocycles. The minimum absolute atomic E-state index is 0.00637. The van der Waals surface area contributed by atoms with Gasteiger partial charge in [-0.1, -0.05) is 0 Å². The van der Waals surface area contributed by atoms with E-state index in [4.69, 9.17) is 9.15 Å². The van der Waals surface area contributed by atoms with Crippen molar-refractivity contribution in [2.45, 2.75) is 36.6 Å². The minimum atomic E-state index is -0.265. The Morgan fingerprint density at radius 1 is 1.12 bits per heavy atom. The first-order chi connectivity index (χ1) is 12.3. The number of carbonyl (C=O) groups is 1. The van der Waals surface area contributed by atoms with Gasteiger partial charge in [-0.2, -0.15) is 0 Å². The van der Waals surface area contributed by atoms with E-state index < -0.39 is 0 Å². The van der Waals surface area contributed by atoms with Gasteiger partial charge in [-0.3, -0.25) is 0 Å². The average Bonchev–Trinajstić information content (AvgIpc) is 3.12. The third-order valence-electron chi connectivity index (χ3n) is 4.50. The second-order valence-corrected chi connectivity index (χ2v) is 8.99. The average molecular weight is 400 g/mol. The third kappa shape index (κ3) is 3.78. The number of rotatable bonds is 4. The van der Waals surface area contributed by atoms with Crippen molar-refractivity contribution in [3.63, 3.8) is 0 Å². The molecule has 25 heavy (non-hydrogen) atoms. The van der Waals surface area contributed by atoms with Gasteiger partial charge in [0.2, 0.25) is 0 Å². The zero-order valence-electron chi connectivity index (χ0n) is 13.8. The van der Waals surface area contributed by atoms with Crippen LogP contribution in [0.25, 0.3) is 11.1 Å². The Bertz CT molecular complexity index is 862. The van der Waals surface area contributed by atoms with Crippen molar-refractivity contribution in [1.29, 1.82) is 0 Å². The zero-order chi connectivity index (χ0) is 17.1. The first-order valence-electron chi connectivity index (χ1n) is 8.55. The molecule has 2 atom stereocenters. The molecule has 0 bridgehead atoms. The summed E-state index contributed by atoms with van der Waals surface area (Å²) in [5.74, 6) is -0.265. The molecule has 0 spiro atoms. The molecular weight excluding hydrogens is 381 g/mol. The predicted octanol–water partition coefficient (Wildman–Crippen LogP) is 3.75. The van der Waals surface area contributed by atoms with Crippen LogP contribution in [0.1, 0.15) is 36.0 Å². The quantitative estimate of drug-likeness (QED) is 0.495. The van der Waals surface area contributed by atoms with Gasteiger partial charge in [0.15, 0.2) is 0 Å². The molecule has 5 heteroatoms. The molecule has 0 N–H and O–H groups in total. The predicted molar refractivity (Wildman–Crippen MR) is 97.3 cm³/mol. The third-order valence-corrected chi connectivity index (χ3v) is 7.41. The van der Waals surface area contributed by atoms with Gasteiger partial charge < -0.3 is 0 Å². The van der Waals surface area contributed by atoms with E-state index in [9.17, 15) is 4.79 Å². The van der Waals surface area contributed by atoms with Gasteiger partial charge in [-0.05, 0) is 0 Å². The SMILES string of the molecule is O=C(OC1CCCCC1[Se]c1ccccc1)c1ccc2ncoc2c1. The van der Waals surface area contributed by atoms with Gasteiger partial charge in [0, 0.05) is 0 Å². The van der Waals surface area contributed by atoms with Crippen molar-refractivity contribution in [1.82, 2.24) is 4.98 Å². The van der Waals surface area contributed by atoms with E-state index in [0.29, 0.717) is 30.9 Å². The Hall–Kier alpha value is -2.10. The summed E-state index contributed by atoms with van der Waals surface area (Å²) in [6.07, 6.45) is 5.83. The summed E-state index contributed by atoms with van der Waals surface area (Å²) in [5, 5.41) is 0. The van der Waals surface area contributed by atoms with Crippen LogP contribution in [-0.2, 0) is 4.74 Å². The number of nitrogens with zero attached hydrogens (tertiary/aromatic N) is 1. The van der Waals surface area contributed by atoms with Gasteiger partial charge in [-0.25, -0.2) is 0 Å². The summed E-state index contributed by atoms with van der Waals surface area (Å²) in [7, 11) is 0. The van der Waals surface area contributed by atoms with E-state index in [0.717, 1.165) is 24.8 Å². The van der Waals surface area contributed by atoms with Crippen LogP contribution in [0.4, 0.5) is 0 Å². The van der Waals surface area contributed by atoms with Crippen LogP contribution in [0.15, 0.2) is 59.3 Å². The van der Waals surface area contributed by atoms with Gasteiger partial charge >= 0.3 is 153 Å². The number of oxazole rings is 1. The molecular formula is C20H19NO3Se. The van der Waals surface area contributed by atoms with E-state index >= 15 is 0 Å². The van der Waals surface area contributed by atoms with E-state index in [1.807, 2.05) is 6.07 Å². The first-order valence-corrected chi connectivity index (χ1v) is 10.4. The van der Waals surface area contributed by atoms with Crippen LogP contribution in [-0.4, -0.2) is 32.0 Å². The van der Waals surface area contributed by atoms with Gasteiger partial charge in [0.05, 0.1) is 0 Å². The monoisotopic (exact) mass is 401 g/mol. The second kappa shape index (κ2) is 7.42. The van der Waals surface area contributed by atoms with Crippen LogP contribution in [0, 0.1) is 0 Å². The summed E-state index contributed by atoms with van der Waals surface area (Å²) >= 11 is 0.321. The molecule has 1 aromatic heterocycles. The fraction of sp³-hybridized carbons (Fsp3) is 0.300.